The molecule has 18 heavy (non-hydrogen) atoms. The highest BCUT2D eigenvalue weighted by Crippen LogP contribution is 2.17. The molecule has 0 saturated carbocycles. The molecule has 0 aliphatic carbocycles. The molecule has 0 radical (unpaired) electrons. The van der Waals surface area contributed by atoms with Crippen LogP contribution in [0.2, 0.25) is 0 Å². The molecule has 1 aromatic carbocycles. The zero-order chi connectivity index (χ0) is 12.8. The molecule has 1 aromatic heterocycles. The van der Waals surface area contributed by atoms with Gasteiger partial charge in [0, 0.05) is 16.9 Å². The number of thiophene rings is 1. The monoisotopic (exact) mass is 258 g/mol. The van der Waals surface area contributed by atoms with Crippen LogP contribution in [0.15, 0.2) is 53.4 Å². The van der Waals surface area contributed by atoms with E-state index in [1.54, 1.807) is 11.3 Å². The van der Waals surface area contributed by atoms with Gasteiger partial charge in [0.15, 0.2) is 0 Å². The van der Waals surface area contributed by atoms with Crippen molar-refractivity contribution in [3.63, 3.8) is 0 Å². The summed E-state index contributed by atoms with van der Waals surface area (Å²) in [6.45, 7) is 0. The first-order chi connectivity index (χ1) is 8.79. The van der Waals surface area contributed by atoms with Crippen molar-refractivity contribution in [2.45, 2.75) is 6.42 Å². The van der Waals surface area contributed by atoms with Gasteiger partial charge >= 0.3 is 5.97 Å². The molecule has 2 rings (SSSR count). The van der Waals surface area contributed by atoms with Crippen LogP contribution in [-0.2, 0) is 16.0 Å². The Kier molecular flexibility index (Phi) is 4.31. The molecular formula is C15H14O2S. The van der Waals surface area contributed by atoms with Gasteiger partial charge in [-0.3, -0.25) is 0 Å². The predicted octanol–water partition coefficient (Wildman–Crippen LogP) is 3.55. The van der Waals surface area contributed by atoms with Crippen molar-refractivity contribution in [1.82, 2.24) is 0 Å². The lowest BCUT2D eigenvalue weighted by molar-refractivity contribution is -0.136. The van der Waals surface area contributed by atoms with E-state index in [0.29, 0.717) is 12.0 Å². The normalized spacial score (nSPS) is 11.3. The van der Waals surface area contributed by atoms with Crippen molar-refractivity contribution in [2.24, 2.45) is 0 Å². The van der Waals surface area contributed by atoms with E-state index in [4.69, 9.17) is 4.74 Å². The third kappa shape index (κ3) is 3.31. The molecule has 92 valence electrons. The van der Waals surface area contributed by atoms with Crippen molar-refractivity contribution in [1.29, 1.82) is 0 Å². The van der Waals surface area contributed by atoms with Crippen LogP contribution in [0.1, 0.15) is 10.4 Å². The van der Waals surface area contributed by atoms with Gasteiger partial charge in [0.1, 0.15) is 0 Å². The summed E-state index contributed by atoms with van der Waals surface area (Å²) >= 11 is 1.64. The number of hydrogen-bond acceptors (Lipinski definition) is 3. The summed E-state index contributed by atoms with van der Waals surface area (Å²) in [5.41, 5.74) is 1.68. The lowest BCUT2D eigenvalue weighted by atomic mass is 10.1. The maximum atomic E-state index is 11.8. The van der Waals surface area contributed by atoms with Gasteiger partial charge in [-0.25, -0.2) is 4.79 Å². The van der Waals surface area contributed by atoms with Crippen molar-refractivity contribution in [2.75, 3.05) is 7.11 Å². The zero-order valence-electron chi connectivity index (χ0n) is 10.1. The number of methoxy groups -OCH3 is 1. The summed E-state index contributed by atoms with van der Waals surface area (Å²) in [7, 11) is 1.41. The molecule has 0 spiro atoms. The van der Waals surface area contributed by atoms with Gasteiger partial charge in [-0.1, -0.05) is 36.4 Å². The quantitative estimate of drug-likeness (QED) is 0.619. The van der Waals surface area contributed by atoms with Crippen LogP contribution in [0.5, 0.6) is 0 Å². The number of esters is 1. The van der Waals surface area contributed by atoms with Crippen LogP contribution < -0.4 is 0 Å². The third-order valence-electron chi connectivity index (χ3n) is 2.53. The molecule has 0 aliphatic rings. The maximum Gasteiger partial charge on any atom is 0.334 e. The molecule has 0 aliphatic heterocycles. The predicted molar refractivity (Wildman–Crippen MR) is 74.5 cm³/mol. The Hall–Kier alpha value is -1.87. The molecule has 2 nitrogen and oxygen atoms in total. The van der Waals surface area contributed by atoms with E-state index in [2.05, 4.69) is 0 Å². The summed E-state index contributed by atoms with van der Waals surface area (Å²) in [5, 5.41) is 2.01. The van der Waals surface area contributed by atoms with Crippen LogP contribution in [0.3, 0.4) is 0 Å². The van der Waals surface area contributed by atoms with E-state index in [0.717, 1.165) is 10.4 Å². The fraction of sp³-hybridized carbons (Fsp3) is 0.133. The van der Waals surface area contributed by atoms with Gasteiger partial charge in [0.25, 0.3) is 0 Å². The fourth-order valence-corrected chi connectivity index (χ4v) is 2.39. The number of benzene rings is 1. The number of carbonyl (C=O) groups is 1. The van der Waals surface area contributed by atoms with Crippen molar-refractivity contribution < 1.29 is 9.53 Å². The Bertz CT molecular complexity index is 527. The standard InChI is InChI=1S/C15H14O2S/c1-17-15(16)13(11-14-8-5-9-18-14)10-12-6-3-2-4-7-12/h2-10H,11H2,1H3/b13-10-. The fourth-order valence-electron chi connectivity index (χ4n) is 1.66. The number of carbonyl (C=O) groups excluding carboxylic acids is 1. The van der Waals surface area contributed by atoms with Gasteiger partial charge < -0.3 is 4.74 Å². The first-order valence-electron chi connectivity index (χ1n) is 5.66. The summed E-state index contributed by atoms with van der Waals surface area (Å²) in [4.78, 5) is 12.9. The second-order valence-electron chi connectivity index (χ2n) is 3.83. The zero-order valence-corrected chi connectivity index (χ0v) is 10.9. The summed E-state index contributed by atoms with van der Waals surface area (Å²) in [6, 6.07) is 13.8. The van der Waals surface area contributed by atoms with Crippen LogP contribution in [0.25, 0.3) is 6.08 Å². The van der Waals surface area contributed by atoms with Crippen LogP contribution >= 0.6 is 11.3 Å². The molecule has 2 aromatic rings. The van der Waals surface area contributed by atoms with E-state index in [1.165, 1.54) is 7.11 Å². The molecule has 0 amide bonds. The van der Waals surface area contributed by atoms with E-state index in [1.807, 2.05) is 53.9 Å². The van der Waals surface area contributed by atoms with E-state index in [-0.39, 0.29) is 5.97 Å². The number of ether oxygens (including phenoxy) is 1. The van der Waals surface area contributed by atoms with Gasteiger partial charge in [0.05, 0.1) is 7.11 Å². The SMILES string of the molecule is COC(=O)/C(=C\c1ccccc1)Cc1cccs1. The number of rotatable bonds is 4. The molecule has 0 saturated heterocycles. The van der Waals surface area contributed by atoms with E-state index < -0.39 is 0 Å². The summed E-state index contributed by atoms with van der Waals surface area (Å²) in [5.74, 6) is -0.271. The second-order valence-corrected chi connectivity index (χ2v) is 4.86. The molecule has 1 heterocycles. The second kappa shape index (κ2) is 6.17. The van der Waals surface area contributed by atoms with Gasteiger partial charge in [0.2, 0.25) is 0 Å². The van der Waals surface area contributed by atoms with Gasteiger partial charge in [-0.2, -0.15) is 0 Å². The molecular weight excluding hydrogens is 244 g/mol. The van der Waals surface area contributed by atoms with Crippen LogP contribution in [-0.4, -0.2) is 13.1 Å². The van der Waals surface area contributed by atoms with Gasteiger partial charge in [-0.15, -0.1) is 11.3 Å². The van der Waals surface area contributed by atoms with Crippen molar-refractivity contribution in [3.8, 4) is 0 Å². The maximum absolute atomic E-state index is 11.8. The molecule has 0 atom stereocenters. The van der Waals surface area contributed by atoms with E-state index >= 15 is 0 Å². The van der Waals surface area contributed by atoms with Gasteiger partial charge in [-0.05, 0) is 23.1 Å². The Morgan fingerprint density at radius 1 is 1.22 bits per heavy atom. The average molecular weight is 258 g/mol. The Morgan fingerprint density at radius 2 is 2.00 bits per heavy atom. The largest absolute Gasteiger partial charge is 0.466 e. The Labute approximate surface area is 111 Å². The molecule has 0 fully saturated rings. The van der Waals surface area contributed by atoms with Crippen LogP contribution in [0.4, 0.5) is 0 Å². The van der Waals surface area contributed by atoms with Crippen molar-refractivity contribution >= 4 is 23.4 Å². The minimum Gasteiger partial charge on any atom is -0.466 e. The van der Waals surface area contributed by atoms with Crippen molar-refractivity contribution in [3.05, 3.63) is 63.9 Å². The highest BCUT2D eigenvalue weighted by Gasteiger charge is 2.11. The topological polar surface area (TPSA) is 26.3 Å². The minimum atomic E-state index is -0.271. The lowest BCUT2D eigenvalue weighted by Crippen LogP contribution is -2.06. The smallest absolute Gasteiger partial charge is 0.334 e. The Balaban J connectivity index is 2.25. The Morgan fingerprint density at radius 3 is 2.61 bits per heavy atom. The van der Waals surface area contributed by atoms with Crippen LogP contribution in [0, 0.1) is 0 Å². The summed E-state index contributed by atoms with van der Waals surface area (Å²) < 4.78 is 4.83. The minimum absolute atomic E-state index is 0.271. The molecule has 0 unspecified atom stereocenters. The van der Waals surface area contributed by atoms with E-state index in [9.17, 15) is 4.79 Å². The summed E-state index contributed by atoms with van der Waals surface area (Å²) in [6.07, 6.45) is 2.49. The number of hydrogen-bond donors (Lipinski definition) is 0. The third-order valence-corrected chi connectivity index (χ3v) is 3.41. The highest BCUT2D eigenvalue weighted by atomic mass is 32.1. The average Bonchev–Trinajstić information content (AvgIpc) is 2.91. The lowest BCUT2D eigenvalue weighted by Gasteiger charge is -2.04. The first kappa shape index (κ1) is 12.6. The molecule has 3 heteroatoms. The first-order valence-corrected chi connectivity index (χ1v) is 6.54. The molecule has 0 bridgehead atoms. The molecule has 0 N–H and O–H groups in total. The highest BCUT2D eigenvalue weighted by molar-refractivity contribution is 7.09.